The van der Waals surface area contributed by atoms with Gasteiger partial charge in [-0.1, -0.05) is 0 Å². The Morgan fingerprint density at radius 3 is 0.397 bits per heavy atom. The lowest BCUT2D eigenvalue weighted by Crippen LogP contribution is -2.63. The largest absolute Gasteiger partial charge is 0.437 e. The van der Waals surface area contributed by atoms with Gasteiger partial charge in [-0.3, -0.25) is 0 Å². The van der Waals surface area contributed by atoms with Crippen LogP contribution in [0.2, 0.25) is 210 Å². The summed E-state index contributed by atoms with van der Waals surface area (Å²) >= 11 is 0. The van der Waals surface area contributed by atoms with Gasteiger partial charge in [-0.2, -0.15) is 0 Å². The summed E-state index contributed by atoms with van der Waals surface area (Å²) in [6.07, 6.45) is 0. The normalized spacial score (nSPS) is 16.0. The Morgan fingerprint density at radius 1 is 0.175 bits per heavy atom. The molecule has 0 saturated carbocycles. The van der Waals surface area contributed by atoms with Gasteiger partial charge in [-0.15, -0.1) is 0 Å². The van der Waals surface area contributed by atoms with Crippen LogP contribution < -0.4 is 0 Å². The zero-order valence-corrected chi connectivity index (χ0v) is 62.1. The van der Waals surface area contributed by atoms with E-state index in [9.17, 15) is 0 Å². The molecular weight excluding hydrogens is 1070 g/mol. The average molecular weight is 1170 g/mol. The molecule has 0 unspecified atom stereocenters. The third-order valence-electron chi connectivity index (χ3n) is 7.29. The smallest absolute Gasteiger partial charge is 0.314 e. The van der Waals surface area contributed by atoms with Crippen LogP contribution in [0.1, 0.15) is 0 Å². The molecule has 0 aromatic rings. The van der Waals surface area contributed by atoms with E-state index in [0.717, 1.165) is 0 Å². The minimum Gasteiger partial charge on any atom is -0.437 e. The average Bonchev–Trinajstić information content (AvgIpc) is 2.75. The molecule has 0 aromatic carbocycles. The second-order valence-electron chi connectivity index (χ2n) is 23.4. The van der Waals surface area contributed by atoms with E-state index in [0.29, 0.717) is 9.76 Å². The van der Waals surface area contributed by atoms with Crippen LogP contribution >= 0.6 is 0 Å². The third-order valence-corrected chi connectivity index (χ3v) is 65.6. The molecule has 0 aliphatic heterocycles. The summed E-state index contributed by atoms with van der Waals surface area (Å²) in [6.45, 7) is 66.4. The van der Waals surface area contributed by atoms with Crippen LogP contribution in [0.4, 0.5) is 0 Å². The van der Waals surface area contributed by atoms with E-state index in [1.165, 1.54) is 0 Å². The lowest BCUT2D eigenvalue weighted by Gasteiger charge is -2.45. The molecule has 63 heavy (non-hydrogen) atoms. The molecule has 0 spiro atoms. The highest BCUT2D eigenvalue weighted by molar-refractivity contribution is 6.94. The van der Waals surface area contributed by atoms with Gasteiger partial charge in [0.2, 0.25) is 9.76 Å². The molecule has 0 saturated heterocycles. The summed E-state index contributed by atoms with van der Waals surface area (Å²) in [5.74, 6) is 0. The molecule has 0 atom stereocenters. The van der Waals surface area contributed by atoms with E-state index in [1.54, 1.807) is 0 Å². The standard InChI is InChI=1S/C32H96O15Si16/c1-48-33-50(5,6)35-52(9,10)37-54(13,14)39-56(17,18)41-58(21,22)43-60(25,26)45-62(29,30)47-63(31,32)46-61(27,28)44-59(23,24)42-57(19,20)40-55(15,16)38-53(11,12)36-51(7,8)34-49(2,3)4/h1-32H3. The van der Waals surface area contributed by atoms with Gasteiger partial charge < -0.3 is 61.7 Å². The van der Waals surface area contributed by atoms with Gasteiger partial charge in [0, 0.05) is 0 Å². The van der Waals surface area contributed by atoms with Crippen molar-refractivity contribution >= 4 is 138 Å². The summed E-state index contributed by atoms with van der Waals surface area (Å²) in [4.78, 5) is 0. The monoisotopic (exact) mass is 1170 g/mol. The number of hydrogen-bond acceptors (Lipinski definition) is 15. The van der Waals surface area contributed by atoms with Crippen LogP contribution in [0.5, 0.6) is 0 Å². The summed E-state index contributed by atoms with van der Waals surface area (Å²) in [7, 11) is -38.7. The van der Waals surface area contributed by atoms with E-state index in [-0.39, 0.29) is 0 Å². The van der Waals surface area contributed by atoms with Crippen LogP contribution in [-0.2, 0) is 61.7 Å². The van der Waals surface area contributed by atoms with Gasteiger partial charge >= 0.3 is 120 Å². The maximum Gasteiger partial charge on any atom is 0.314 e. The van der Waals surface area contributed by atoms with Crippen LogP contribution in [0.25, 0.3) is 0 Å². The van der Waals surface area contributed by atoms with Gasteiger partial charge in [-0.25, -0.2) is 0 Å². The van der Waals surface area contributed by atoms with Crippen molar-refractivity contribution < 1.29 is 61.7 Å². The third kappa shape index (κ3) is 31.1. The van der Waals surface area contributed by atoms with Crippen molar-refractivity contribution in [3.05, 3.63) is 0 Å². The molecular formula is C32H96O15Si16. The fourth-order valence-corrected chi connectivity index (χ4v) is 86.0. The minimum absolute atomic E-state index is 0.374. The maximum absolute atomic E-state index is 6.88. The molecule has 0 heterocycles. The first-order valence-corrected chi connectivity index (χ1v) is 66.4. The first-order valence-electron chi connectivity index (χ1n) is 22.1. The Kier molecular flexibility index (Phi) is 23.3. The highest BCUT2D eigenvalue weighted by Gasteiger charge is 2.52. The molecule has 0 fully saturated rings. The maximum atomic E-state index is 6.88. The Hall–Kier alpha value is 2.87. The Labute approximate surface area is 406 Å². The summed E-state index contributed by atoms with van der Waals surface area (Å²) < 4.78 is 101. The van der Waals surface area contributed by atoms with Gasteiger partial charge in [0.25, 0.3) is 0 Å². The molecule has 0 aromatic heterocycles. The molecule has 378 valence electrons. The quantitative estimate of drug-likeness (QED) is 0.0630. The predicted octanol–water partition coefficient (Wildman–Crippen LogP) is 11.6. The van der Waals surface area contributed by atoms with Gasteiger partial charge in [0.05, 0.1) is 0 Å². The predicted molar refractivity (Wildman–Crippen MR) is 296 cm³/mol. The van der Waals surface area contributed by atoms with Crippen LogP contribution in [0.15, 0.2) is 0 Å². The topological polar surface area (TPSA) is 138 Å². The SMILES string of the molecule is C[Si]O[Si](C)(C)O[Si](C)(C)O[Si](C)(C)O[Si](C)(C)O[Si](C)(C)O[Si](C)(C)O[Si](C)(C)O[Si](C)(C)O[Si](C)(C)O[Si](C)(C)O[Si](C)(C)O[Si](C)(C)O[Si](C)(C)O[Si](C)(C)O[Si](C)(C)C. The zero-order chi connectivity index (χ0) is 50.8. The summed E-state index contributed by atoms with van der Waals surface area (Å²) in [5.41, 5.74) is 0. The Balaban J connectivity index is 5.69. The fraction of sp³-hybridized carbons (Fsp3) is 1.00. The molecule has 2 radical (unpaired) electrons. The first-order chi connectivity index (χ1) is 27.0. The van der Waals surface area contributed by atoms with Crippen molar-refractivity contribution in [1.82, 2.24) is 0 Å². The van der Waals surface area contributed by atoms with Crippen molar-refractivity contribution in [2.75, 3.05) is 0 Å². The van der Waals surface area contributed by atoms with E-state index >= 15 is 0 Å². The van der Waals surface area contributed by atoms with Crippen molar-refractivity contribution in [1.29, 1.82) is 0 Å². The summed E-state index contributed by atoms with van der Waals surface area (Å²) in [5, 5.41) is 0. The van der Waals surface area contributed by atoms with Crippen molar-refractivity contribution in [3.63, 3.8) is 0 Å². The van der Waals surface area contributed by atoms with Crippen LogP contribution in [-0.4, -0.2) is 138 Å². The van der Waals surface area contributed by atoms with Crippen molar-refractivity contribution in [3.8, 4) is 0 Å². The van der Waals surface area contributed by atoms with E-state index in [1.807, 2.05) is 6.55 Å². The number of hydrogen-bond donors (Lipinski definition) is 0. The highest BCUT2D eigenvalue weighted by Crippen LogP contribution is 2.33. The van der Waals surface area contributed by atoms with Gasteiger partial charge in [-0.05, 0) is 210 Å². The number of rotatable bonds is 30. The zero-order valence-electron chi connectivity index (χ0n) is 46.1. The van der Waals surface area contributed by atoms with Crippen molar-refractivity contribution in [2.24, 2.45) is 0 Å². The Bertz CT molecular complexity index is 1450. The molecule has 0 amide bonds. The van der Waals surface area contributed by atoms with E-state index in [4.69, 9.17) is 61.7 Å². The molecule has 0 bridgehead atoms. The molecule has 0 aliphatic rings. The minimum atomic E-state index is -2.79. The lowest BCUT2D eigenvalue weighted by molar-refractivity contribution is 0.251. The lowest BCUT2D eigenvalue weighted by atomic mass is 11.8. The molecule has 0 aliphatic carbocycles. The summed E-state index contributed by atoms with van der Waals surface area (Å²) in [6, 6.07) is 0. The molecule has 31 heteroatoms. The molecule has 0 rings (SSSR count). The second-order valence-corrected chi connectivity index (χ2v) is 79.5. The fourth-order valence-electron chi connectivity index (χ4n) is 8.97. The Morgan fingerprint density at radius 2 is 0.286 bits per heavy atom. The van der Waals surface area contributed by atoms with Gasteiger partial charge in [0.15, 0.2) is 8.32 Å². The molecule has 0 N–H and O–H groups in total. The van der Waals surface area contributed by atoms with Gasteiger partial charge in [0.1, 0.15) is 0 Å². The first kappa shape index (κ1) is 65.9. The second kappa shape index (κ2) is 22.3. The molecule has 15 nitrogen and oxygen atoms in total. The highest BCUT2D eigenvalue weighted by atomic mass is 28.5. The van der Waals surface area contributed by atoms with E-state index in [2.05, 4.69) is 203 Å². The van der Waals surface area contributed by atoms with Crippen LogP contribution in [0.3, 0.4) is 0 Å². The van der Waals surface area contributed by atoms with E-state index < -0.39 is 128 Å². The van der Waals surface area contributed by atoms with Crippen LogP contribution in [0, 0.1) is 0 Å². The van der Waals surface area contributed by atoms with Crippen molar-refractivity contribution in [2.45, 2.75) is 210 Å².